The number of hydrogen-bond donors (Lipinski definition) is 0. The minimum Gasteiger partial charge on any atom is -0.173 e. The maximum atomic E-state index is 2.52. The van der Waals surface area contributed by atoms with Crippen LogP contribution in [0.2, 0.25) is 0 Å². The molecule has 0 unspecified atom stereocenters. The van der Waals surface area contributed by atoms with E-state index in [0.717, 1.165) is 12.8 Å². The zero-order valence-electron chi connectivity index (χ0n) is 16.2. The summed E-state index contributed by atoms with van der Waals surface area (Å²) in [6.07, 6.45) is 3.48. The van der Waals surface area contributed by atoms with Gasteiger partial charge in [-0.1, -0.05) is 76.1 Å². The molecule has 0 N–H and O–H groups in total. The molecule has 0 atom stereocenters. The van der Waals surface area contributed by atoms with E-state index in [9.17, 15) is 0 Å². The van der Waals surface area contributed by atoms with Gasteiger partial charge in [0.2, 0.25) is 0 Å². The zero-order valence-corrected chi connectivity index (χ0v) is 16.2. The monoisotopic (exact) mass is 329 g/mol. The molecule has 130 valence electrons. The topological polar surface area (TPSA) is 0 Å². The Kier molecular flexibility index (Phi) is 3.65. The SMILES string of the molecule is C[c-]1cc2cc3c(cc2c1CCc1ccccc1)C(C)(C)CC3(C)C. The molecule has 3 aromatic carbocycles. The van der Waals surface area contributed by atoms with Crippen LogP contribution in [0, 0.1) is 6.92 Å². The zero-order chi connectivity index (χ0) is 17.8. The first-order valence-electron chi connectivity index (χ1n) is 9.56. The number of aryl methyl sites for hydroxylation is 3. The van der Waals surface area contributed by atoms with E-state index >= 15 is 0 Å². The molecule has 0 aliphatic heterocycles. The molecule has 0 heterocycles. The van der Waals surface area contributed by atoms with Crippen LogP contribution in [0.1, 0.15) is 61.9 Å². The molecule has 25 heavy (non-hydrogen) atoms. The van der Waals surface area contributed by atoms with Crippen LogP contribution in [0.5, 0.6) is 0 Å². The van der Waals surface area contributed by atoms with Crippen molar-refractivity contribution in [3.05, 3.63) is 76.3 Å². The van der Waals surface area contributed by atoms with Crippen LogP contribution in [0.25, 0.3) is 10.8 Å². The van der Waals surface area contributed by atoms with Gasteiger partial charge in [-0.2, -0.15) is 28.0 Å². The summed E-state index contributed by atoms with van der Waals surface area (Å²) in [5, 5.41) is 2.92. The van der Waals surface area contributed by atoms with Gasteiger partial charge in [-0.25, -0.2) is 0 Å². The average molecular weight is 330 g/mol. The van der Waals surface area contributed by atoms with Crippen molar-refractivity contribution in [2.75, 3.05) is 0 Å². The van der Waals surface area contributed by atoms with E-state index in [0.29, 0.717) is 0 Å². The lowest BCUT2D eigenvalue weighted by Crippen LogP contribution is -2.17. The summed E-state index contributed by atoms with van der Waals surface area (Å²) in [6.45, 7) is 11.9. The summed E-state index contributed by atoms with van der Waals surface area (Å²) in [5.41, 5.74) is 8.10. The number of hydrogen-bond acceptors (Lipinski definition) is 0. The molecular formula is C25H29-. The van der Waals surface area contributed by atoms with Gasteiger partial charge in [-0.15, -0.1) is 12.1 Å². The third-order valence-corrected chi connectivity index (χ3v) is 6.21. The molecule has 0 aromatic heterocycles. The lowest BCUT2D eigenvalue weighted by atomic mass is 9.82. The van der Waals surface area contributed by atoms with Gasteiger partial charge in [-0.3, -0.25) is 0 Å². The molecule has 3 aromatic rings. The number of benzene rings is 2. The van der Waals surface area contributed by atoms with Crippen molar-refractivity contribution in [1.29, 1.82) is 0 Å². The van der Waals surface area contributed by atoms with Crippen LogP contribution < -0.4 is 0 Å². The van der Waals surface area contributed by atoms with E-state index in [-0.39, 0.29) is 10.8 Å². The Morgan fingerprint density at radius 1 is 0.880 bits per heavy atom. The van der Waals surface area contributed by atoms with E-state index in [4.69, 9.17) is 0 Å². The first-order chi connectivity index (χ1) is 11.8. The van der Waals surface area contributed by atoms with Gasteiger partial charge in [0.1, 0.15) is 0 Å². The lowest BCUT2D eigenvalue weighted by Gasteiger charge is -2.23. The van der Waals surface area contributed by atoms with Crippen LogP contribution >= 0.6 is 0 Å². The fraction of sp³-hybridized carbons (Fsp3) is 0.400. The van der Waals surface area contributed by atoms with E-state index in [1.165, 1.54) is 28.3 Å². The van der Waals surface area contributed by atoms with E-state index in [2.05, 4.69) is 83.1 Å². The summed E-state index contributed by atoms with van der Waals surface area (Å²) < 4.78 is 0. The van der Waals surface area contributed by atoms with Gasteiger partial charge in [0, 0.05) is 0 Å². The molecule has 0 saturated heterocycles. The molecule has 0 saturated carbocycles. The molecule has 0 radical (unpaired) electrons. The van der Waals surface area contributed by atoms with Gasteiger partial charge in [0.15, 0.2) is 0 Å². The van der Waals surface area contributed by atoms with E-state index in [1.807, 2.05) is 0 Å². The highest BCUT2D eigenvalue weighted by molar-refractivity contribution is 5.91. The second-order valence-corrected chi connectivity index (χ2v) is 9.22. The maximum absolute atomic E-state index is 2.52. The largest absolute Gasteiger partial charge is 0.173 e. The summed E-state index contributed by atoms with van der Waals surface area (Å²) in [4.78, 5) is 0. The molecule has 0 bridgehead atoms. The highest BCUT2D eigenvalue weighted by Crippen LogP contribution is 2.51. The molecule has 0 spiro atoms. The summed E-state index contributed by atoms with van der Waals surface area (Å²) in [7, 11) is 0. The predicted octanol–water partition coefficient (Wildman–Crippen LogP) is 6.61. The fourth-order valence-corrected chi connectivity index (χ4v) is 5.19. The Balaban J connectivity index is 1.78. The van der Waals surface area contributed by atoms with Crippen LogP contribution in [0.4, 0.5) is 0 Å². The van der Waals surface area contributed by atoms with Crippen molar-refractivity contribution in [1.82, 2.24) is 0 Å². The van der Waals surface area contributed by atoms with Gasteiger partial charge >= 0.3 is 0 Å². The minimum absolute atomic E-state index is 0.273. The maximum Gasteiger partial charge on any atom is -0.0103 e. The summed E-state index contributed by atoms with van der Waals surface area (Å²) >= 11 is 0. The molecule has 0 amide bonds. The summed E-state index contributed by atoms with van der Waals surface area (Å²) in [6, 6.07) is 18.3. The minimum atomic E-state index is 0.273. The Labute approximate surface area is 152 Å². The summed E-state index contributed by atoms with van der Waals surface area (Å²) in [5.74, 6) is 0. The van der Waals surface area contributed by atoms with Crippen LogP contribution in [0.3, 0.4) is 0 Å². The van der Waals surface area contributed by atoms with Crippen molar-refractivity contribution in [2.24, 2.45) is 0 Å². The standard InChI is InChI=1S/C25H29/c1-17-13-19-14-22-23(25(4,5)16-24(22,2)3)15-21(19)20(17)12-11-18-9-7-6-8-10-18/h6-10,13-15H,11-12,16H2,1-5H3/q-1. The lowest BCUT2D eigenvalue weighted by molar-refractivity contribution is 0.403. The van der Waals surface area contributed by atoms with Crippen molar-refractivity contribution in [3.8, 4) is 0 Å². The second-order valence-electron chi connectivity index (χ2n) is 9.22. The normalized spacial score (nSPS) is 17.8. The van der Waals surface area contributed by atoms with Crippen LogP contribution in [-0.2, 0) is 23.7 Å². The van der Waals surface area contributed by atoms with E-state index in [1.54, 1.807) is 16.7 Å². The smallest absolute Gasteiger partial charge is 0.0103 e. The second kappa shape index (κ2) is 5.53. The Bertz CT molecular complexity index is 920. The molecule has 1 aliphatic rings. The fourth-order valence-electron chi connectivity index (χ4n) is 5.19. The predicted molar refractivity (Wildman–Crippen MR) is 109 cm³/mol. The number of fused-ring (bicyclic) bond motifs is 2. The quantitative estimate of drug-likeness (QED) is 0.474. The van der Waals surface area contributed by atoms with Crippen molar-refractivity contribution in [2.45, 2.75) is 64.7 Å². The third-order valence-electron chi connectivity index (χ3n) is 6.21. The molecule has 4 rings (SSSR count). The van der Waals surface area contributed by atoms with Gasteiger partial charge < -0.3 is 0 Å². The first-order valence-corrected chi connectivity index (χ1v) is 9.56. The highest BCUT2D eigenvalue weighted by atomic mass is 14.5. The Morgan fingerprint density at radius 3 is 2.20 bits per heavy atom. The average Bonchev–Trinajstić information content (AvgIpc) is 2.95. The van der Waals surface area contributed by atoms with Gasteiger partial charge in [0.05, 0.1) is 0 Å². The molecule has 0 nitrogen and oxygen atoms in total. The Morgan fingerprint density at radius 2 is 1.52 bits per heavy atom. The van der Waals surface area contributed by atoms with Crippen molar-refractivity contribution < 1.29 is 0 Å². The highest BCUT2D eigenvalue weighted by Gasteiger charge is 2.40. The van der Waals surface area contributed by atoms with Crippen molar-refractivity contribution >= 4 is 10.8 Å². The molecule has 1 aliphatic carbocycles. The van der Waals surface area contributed by atoms with Gasteiger partial charge in [0.25, 0.3) is 0 Å². The third kappa shape index (κ3) is 2.72. The Hall–Kier alpha value is -1.95. The molecule has 0 heteroatoms. The molecule has 0 fully saturated rings. The first kappa shape index (κ1) is 16.5. The van der Waals surface area contributed by atoms with Gasteiger partial charge in [-0.05, 0) is 35.7 Å². The van der Waals surface area contributed by atoms with Crippen LogP contribution in [-0.4, -0.2) is 0 Å². The van der Waals surface area contributed by atoms with Crippen LogP contribution in [0.15, 0.2) is 48.5 Å². The van der Waals surface area contributed by atoms with Crippen molar-refractivity contribution in [3.63, 3.8) is 0 Å². The number of rotatable bonds is 3. The van der Waals surface area contributed by atoms with E-state index < -0.39 is 0 Å². The molecular weight excluding hydrogens is 300 g/mol.